The summed E-state index contributed by atoms with van der Waals surface area (Å²) in [4.78, 5) is 17.2. The second kappa shape index (κ2) is 9.38. The van der Waals surface area contributed by atoms with Crippen molar-refractivity contribution in [1.29, 1.82) is 0 Å². The Morgan fingerprint density at radius 2 is 1.72 bits per heavy atom. The van der Waals surface area contributed by atoms with Gasteiger partial charge in [0, 0.05) is 31.2 Å². The van der Waals surface area contributed by atoms with Gasteiger partial charge in [0.2, 0.25) is 5.91 Å². The molecular weight excluding hydrogens is 308 g/mol. The predicted molar refractivity (Wildman–Crippen MR) is 105 cm³/mol. The highest BCUT2D eigenvalue weighted by Gasteiger charge is 2.28. The van der Waals surface area contributed by atoms with Crippen molar-refractivity contribution >= 4 is 11.6 Å². The molecule has 3 heteroatoms. The Morgan fingerprint density at radius 3 is 2.36 bits per heavy atom. The Bertz CT molecular complexity index is 516. The van der Waals surface area contributed by atoms with E-state index in [-0.39, 0.29) is 5.91 Å². The van der Waals surface area contributed by atoms with E-state index in [1.54, 1.807) is 0 Å². The fourth-order valence-corrected chi connectivity index (χ4v) is 4.56. The molecule has 1 aliphatic carbocycles. The molecule has 0 aromatic heterocycles. The van der Waals surface area contributed by atoms with Crippen LogP contribution >= 0.6 is 0 Å². The zero-order chi connectivity index (χ0) is 17.5. The van der Waals surface area contributed by atoms with E-state index in [2.05, 4.69) is 21.9 Å². The van der Waals surface area contributed by atoms with Gasteiger partial charge in [0.15, 0.2) is 0 Å². The molecule has 1 heterocycles. The van der Waals surface area contributed by atoms with Crippen LogP contribution in [0.2, 0.25) is 0 Å². The van der Waals surface area contributed by atoms with E-state index >= 15 is 0 Å². The molecule has 1 aliphatic heterocycles. The number of nitrogens with zero attached hydrogens (tertiary/aromatic N) is 2. The summed E-state index contributed by atoms with van der Waals surface area (Å²) in [5.74, 6) is 1.22. The van der Waals surface area contributed by atoms with Gasteiger partial charge in [0.25, 0.3) is 0 Å². The maximum atomic E-state index is 12.5. The molecule has 0 atom stereocenters. The van der Waals surface area contributed by atoms with Crippen LogP contribution in [-0.2, 0) is 4.79 Å². The summed E-state index contributed by atoms with van der Waals surface area (Å²) in [6.07, 6.45) is 11.4. The molecule has 25 heavy (non-hydrogen) atoms. The van der Waals surface area contributed by atoms with E-state index in [9.17, 15) is 4.79 Å². The number of rotatable bonds is 6. The topological polar surface area (TPSA) is 23.6 Å². The Hall–Kier alpha value is -1.35. The molecular formula is C22H34N2O. The molecule has 1 amide bonds. The fraction of sp³-hybridized carbons (Fsp3) is 0.682. The molecule has 2 fully saturated rings. The lowest BCUT2D eigenvalue weighted by Crippen LogP contribution is -2.47. The third-order valence-electron chi connectivity index (χ3n) is 6.11. The molecule has 3 rings (SSSR count). The molecule has 0 spiro atoms. The Labute approximate surface area is 153 Å². The number of carbonyl (C=O) groups excluding carboxylic acids is 1. The maximum absolute atomic E-state index is 12.5. The number of anilines is 1. The lowest BCUT2D eigenvalue weighted by molar-refractivity contribution is -0.119. The standard InChI is InChI=1S/C22H34N2O/c1-2-22(25)24(20-11-7-4-8-12-20)21-14-17-23(18-15-21)16-13-19-9-5-3-6-10-19/h4,7-8,11-12,19,21H,2-3,5-6,9-10,13-18H2,1H3. The lowest BCUT2D eigenvalue weighted by atomic mass is 9.87. The zero-order valence-corrected chi connectivity index (χ0v) is 15.8. The average molecular weight is 343 g/mol. The van der Waals surface area contributed by atoms with Gasteiger partial charge in [-0.05, 0) is 43.9 Å². The van der Waals surface area contributed by atoms with Gasteiger partial charge < -0.3 is 9.80 Å². The van der Waals surface area contributed by atoms with Crippen molar-refractivity contribution in [3.05, 3.63) is 30.3 Å². The first kappa shape index (κ1) is 18.4. The van der Waals surface area contributed by atoms with E-state index in [1.165, 1.54) is 45.1 Å². The van der Waals surface area contributed by atoms with Gasteiger partial charge in [-0.2, -0.15) is 0 Å². The van der Waals surface area contributed by atoms with Gasteiger partial charge in [-0.3, -0.25) is 4.79 Å². The van der Waals surface area contributed by atoms with Gasteiger partial charge >= 0.3 is 0 Å². The van der Waals surface area contributed by atoms with Gasteiger partial charge in [-0.25, -0.2) is 0 Å². The van der Waals surface area contributed by atoms with Crippen molar-refractivity contribution < 1.29 is 4.79 Å². The van der Waals surface area contributed by atoms with Gasteiger partial charge in [0.05, 0.1) is 0 Å². The summed E-state index contributed by atoms with van der Waals surface area (Å²) < 4.78 is 0. The van der Waals surface area contributed by atoms with Gasteiger partial charge in [-0.1, -0.05) is 57.2 Å². The Kier molecular flexibility index (Phi) is 6.92. The van der Waals surface area contributed by atoms with E-state index in [1.807, 2.05) is 25.1 Å². The molecule has 0 bridgehead atoms. The summed E-state index contributed by atoms with van der Waals surface area (Å²) in [5, 5.41) is 0. The summed E-state index contributed by atoms with van der Waals surface area (Å²) in [6.45, 7) is 5.50. The zero-order valence-electron chi connectivity index (χ0n) is 15.8. The molecule has 3 nitrogen and oxygen atoms in total. The summed E-state index contributed by atoms with van der Waals surface area (Å²) >= 11 is 0. The highest BCUT2D eigenvalue weighted by Crippen LogP contribution is 2.28. The van der Waals surface area contributed by atoms with Crippen molar-refractivity contribution in [2.24, 2.45) is 5.92 Å². The smallest absolute Gasteiger partial charge is 0.226 e. The van der Waals surface area contributed by atoms with Crippen LogP contribution in [0.15, 0.2) is 30.3 Å². The molecule has 0 radical (unpaired) electrons. The molecule has 138 valence electrons. The highest BCUT2D eigenvalue weighted by atomic mass is 16.2. The quantitative estimate of drug-likeness (QED) is 0.737. The van der Waals surface area contributed by atoms with Crippen LogP contribution in [-0.4, -0.2) is 36.5 Å². The number of piperidine rings is 1. The van der Waals surface area contributed by atoms with Crippen LogP contribution in [0.1, 0.15) is 64.7 Å². The minimum Gasteiger partial charge on any atom is -0.309 e. The average Bonchev–Trinajstić information content (AvgIpc) is 2.69. The minimum atomic E-state index is 0.256. The van der Waals surface area contributed by atoms with Crippen molar-refractivity contribution in [2.45, 2.75) is 70.8 Å². The van der Waals surface area contributed by atoms with Crippen LogP contribution in [0.4, 0.5) is 5.69 Å². The molecule has 0 unspecified atom stereocenters. The van der Waals surface area contributed by atoms with E-state index in [4.69, 9.17) is 0 Å². The van der Waals surface area contributed by atoms with E-state index in [0.717, 1.165) is 37.5 Å². The first-order valence-corrected chi connectivity index (χ1v) is 10.4. The number of amides is 1. The first-order chi connectivity index (χ1) is 12.3. The van der Waals surface area contributed by atoms with E-state index < -0.39 is 0 Å². The SMILES string of the molecule is CCC(=O)N(c1ccccc1)C1CCN(CCC2CCCCC2)CC1. The van der Waals surface area contributed by atoms with Crippen LogP contribution < -0.4 is 4.90 Å². The molecule has 1 saturated carbocycles. The number of hydrogen-bond acceptors (Lipinski definition) is 2. The monoisotopic (exact) mass is 342 g/mol. The maximum Gasteiger partial charge on any atom is 0.226 e. The Balaban J connectivity index is 1.51. The fourth-order valence-electron chi connectivity index (χ4n) is 4.56. The van der Waals surface area contributed by atoms with Crippen molar-refractivity contribution in [1.82, 2.24) is 4.90 Å². The predicted octanol–water partition coefficient (Wildman–Crippen LogP) is 4.86. The first-order valence-electron chi connectivity index (χ1n) is 10.4. The normalized spacial score (nSPS) is 20.5. The summed E-state index contributed by atoms with van der Waals surface area (Å²) in [6, 6.07) is 10.6. The lowest BCUT2D eigenvalue weighted by Gasteiger charge is -2.39. The Morgan fingerprint density at radius 1 is 1.04 bits per heavy atom. The highest BCUT2D eigenvalue weighted by molar-refractivity contribution is 5.93. The number of likely N-dealkylation sites (tertiary alicyclic amines) is 1. The molecule has 1 aromatic carbocycles. The van der Waals surface area contributed by atoms with Gasteiger partial charge in [-0.15, -0.1) is 0 Å². The molecule has 1 aromatic rings. The van der Waals surface area contributed by atoms with Gasteiger partial charge in [0.1, 0.15) is 0 Å². The second-order valence-electron chi connectivity index (χ2n) is 7.82. The van der Waals surface area contributed by atoms with Crippen LogP contribution in [0, 0.1) is 5.92 Å². The number of benzene rings is 1. The van der Waals surface area contributed by atoms with E-state index in [0.29, 0.717) is 12.5 Å². The van der Waals surface area contributed by atoms with Crippen molar-refractivity contribution in [3.8, 4) is 0 Å². The van der Waals surface area contributed by atoms with Crippen LogP contribution in [0.25, 0.3) is 0 Å². The summed E-state index contributed by atoms with van der Waals surface area (Å²) in [5.41, 5.74) is 1.06. The molecule has 1 saturated heterocycles. The van der Waals surface area contributed by atoms with Crippen LogP contribution in [0.5, 0.6) is 0 Å². The van der Waals surface area contributed by atoms with Crippen molar-refractivity contribution in [3.63, 3.8) is 0 Å². The largest absolute Gasteiger partial charge is 0.309 e. The van der Waals surface area contributed by atoms with Crippen LogP contribution in [0.3, 0.4) is 0 Å². The third-order valence-corrected chi connectivity index (χ3v) is 6.11. The van der Waals surface area contributed by atoms with Crippen molar-refractivity contribution in [2.75, 3.05) is 24.5 Å². The summed E-state index contributed by atoms with van der Waals surface area (Å²) in [7, 11) is 0. The molecule has 0 N–H and O–H groups in total. The molecule has 2 aliphatic rings. The number of carbonyl (C=O) groups is 1. The third kappa shape index (κ3) is 5.07. The second-order valence-corrected chi connectivity index (χ2v) is 7.82. The minimum absolute atomic E-state index is 0.256. The number of hydrogen-bond donors (Lipinski definition) is 0. The number of para-hydroxylation sites is 1.